The highest BCUT2D eigenvalue weighted by Crippen LogP contribution is 2.40. The van der Waals surface area contributed by atoms with Crippen molar-refractivity contribution in [3.05, 3.63) is 53.7 Å². The summed E-state index contributed by atoms with van der Waals surface area (Å²) in [6.07, 6.45) is 26.1. The van der Waals surface area contributed by atoms with Crippen LogP contribution in [0.3, 0.4) is 0 Å². The van der Waals surface area contributed by atoms with E-state index < -0.39 is 0 Å². The van der Waals surface area contributed by atoms with Gasteiger partial charge in [-0.15, -0.1) is 0 Å². The molecule has 0 fully saturated rings. The molecular weight excluding hydrogens is 757 g/mol. The standard InChI is InChI=1S/C53H82N4O4/c1-9-15-20-22-28-42(26-18-12-4)37-60-47-33-31-44(49(58)39(47)7)51-54-52(56-53(55-51)46-30-24-35-57(46)36-41(14-6)25-17-11-3)45-32-34-48(40(8)50(45)59)61-38-43(27-19-13-5)29-23-21-16-10-2/h24,30-35,41-43,58-59H,9-23,25-29,36-38H2,1-8H3. The summed E-state index contributed by atoms with van der Waals surface area (Å²) in [6.45, 7) is 19.4. The van der Waals surface area contributed by atoms with Crippen LogP contribution in [0, 0.1) is 31.6 Å². The number of phenols is 2. The molecule has 2 aromatic heterocycles. The molecule has 0 saturated heterocycles. The Balaban J connectivity index is 1.71. The smallest absolute Gasteiger partial charge is 0.180 e. The Morgan fingerprint density at radius 2 is 0.934 bits per heavy atom. The van der Waals surface area contributed by atoms with Gasteiger partial charge in [0.25, 0.3) is 0 Å². The first-order valence-corrected chi connectivity index (χ1v) is 24.5. The summed E-state index contributed by atoms with van der Waals surface area (Å²) in [6, 6.07) is 11.7. The fourth-order valence-electron chi connectivity index (χ4n) is 8.48. The summed E-state index contributed by atoms with van der Waals surface area (Å²) >= 11 is 0. The van der Waals surface area contributed by atoms with Gasteiger partial charge < -0.3 is 24.3 Å². The van der Waals surface area contributed by atoms with Crippen molar-refractivity contribution >= 4 is 0 Å². The third-order valence-corrected chi connectivity index (χ3v) is 12.7. The zero-order valence-electron chi connectivity index (χ0n) is 39.5. The molecule has 0 amide bonds. The number of benzene rings is 2. The Labute approximate surface area is 370 Å². The number of phenolic OH excluding ortho intramolecular Hbond substituents is 2. The Morgan fingerprint density at radius 3 is 1.38 bits per heavy atom. The van der Waals surface area contributed by atoms with Crippen molar-refractivity contribution in [3.63, 3.8) is 0 Å². The van der Waals surface area contributed by atoms with E-state index in [9.17, 15) is 10.2 Å². The van der Waals surface area contributed by atoms with E-state index in [2.05, 4.69) is 52.3 Å². The summed E-state index contributed by atoms with van der Waals surface area (Å²) in [4.78, 5) is 15.1. The van der Waals surface area contributed by atoms with Crippen molar-refractivity contribution in [1.82, 2.24) is 19.5 Å². The summed E-state index contributed by atoms with van der Waals surface area (Å²) in [5, 5.41) is 23.7. The van der Waals surface area contributed by atoms with Gasteiger partial charge in [-0.2, -0.15) is 0 Å². The van der Waals surface area contributed by atoms with E-state index in [1.165, 1.54) is 89.9 Å². The lowest BCUT2D eigenvalue weighted by atomic mass is 9.96. The van der Waals surface area contributed by atoms with Gasteiger partial charge in [-0.1, -0.05) is 138 Å². The first kappa shape index (κ1) is 49.6. The number of hydrogen-bond acceptors (Lipinski definition) is 7. The number of nitrogens with zero attached hydrogens (tertiary/aromatic N) is 4. The minimum Gasteiger partial charge on any atom is -0.507 e. The fraction of sp³-hybridized carbons (Fsp3) is 0.642. The van der Waals surface area contributed by atoms with E-state index in [0.717, 1.165) is 50.8 Å². The summed E-state index contributed by atoms with van der Waals surface area (Å²) < 4.78 is 15.1. The highest BCUT2D eigenvalue weighted by Gasteiger charge is 2.23. The molecule has 8 nitrogen and oxygen atoms in total. The Morgan fingerprint density at radius 1 is 0.508 bits per heavy atom. The lowest BCUT2D eigenvalue weighted by Crippen LogP contribution is -2.13. The van der Waals surface area contributed by atoms with Crippen LogP contribution in [0.5, 0.6) is 23.0 Å². The third kappa shape index (κ3) is 15.1. The van der Waals surface area contributed by atoms with Gasteiger partial charge in [0.15, 0.2) is 17.5 Å². The average Bonchev–Trinajstić information content (AvgIpc) is 3.74. The highest BCUT2D eigenvalue weighted by atomic mass is 16.5. The molecule has 3 unspecified atom stereocenters. The molecular formula is C53H82N4O4. The van der Waals surface area contributed by atoms with Crippen molar-refractivity contribution in [2.24, 2.45) is 17.8 Å². The number of aromatic nitrogens is 4. The van der Waals surface area contributed by atoms with Crippen LogP contribution in [0.25, 0.3) is 34.3 Å². The third-order valence-electron chi connectivity index (χ3n) is 12.7. The lowest BCUT2D eigenvalue weighted by Gasteiger charge is -2.20. The molecule has 0 radical (unpaired) electrons. The molecule has 3 atom stereocenters. The van der Waals surface area contributed by atoms with Crippen molar-refractivity contribution in [3.8, 4) is 57.3 Å². The minimum atomic E-state index is 0.0890. The number of aromatic hydroxyl groups is 2. The van der Waals surface area contributed by atoms with Crippen molar-refractivity contribution in [1.29, 1.82) is 0 Å². The molecule has 0 aliphatic rings. The monoisotopic (exact) mass is 839 g/mol. The SMILES string of the molecule is CCCCCCC(CCCC)COc1ccc(-c2nc(-c3ccc(OCC(CCCC)CCCCCC)c(C)c3O)nc(-c3cccn3CC(CC)CCCC)n2)c(O)c1C. The molecule has 4 aromatic rings. The molecule has 61 heavy (non-hydrogen) atoms. The maximum atomic E-state index is 11.8. The molecule has 0 saturated carbocycles. The minimum absolute atomic E-state index is 0.0890. The summed E-state index contributed by atoms with van der Waals surface area (Å²) in [5.74, 6) is 4.22. The quantitative estimate of drug-likeness (QED) is 0.0487. The molecule has 2 aromatic carbocycles. The van der Waals surface area contributed by atoms with Crippen LogP contribution >= 0.6 is 0 Å². The van der Waals surface area contributed by atoms with Gasteiger partial charge in [0.2, 0.25) is 0 Å². The van der Waals surface area contributed by atoms with E-state index >= 15 is 0 Å². The molecule has 4 rings (SSSR count). The van der Waals surface area contributed by atoms with Gasteiger partial charge in [-0.05, 0) is 100 Å². The van der Waals surface area contributed by atoms with Gasteiger partial charge in [-0.25, -0.2) is 15.0 Å². The molecule has 0 bridgehead atoms. The Kier molecular flexibility index (Phi) is 22.0. The molecule has 338 valence electrons. The van der Waals surface area contributed by atoms with Crippen LogP contribution in [-0.4, -0.2) is 42.9 Å². The first-order valence-electron chi connectivity index (χ1n) is 24.5. The number of unbranched alkanes of at least 4 members (excludes halogenated alkanes) is 9. The predicted molar refractivity (Wildman–Crippen MR) is 255 cm³/mol. The number of ether oxygens (including phenoxy) is 2. The lowest BCUT2D eigenvalue weighted by molar-refractivity contribution is 0.223. The molecule has 2 heterocycles. The van der Waals surface area contributed by atoms with Crippen LogP contribution in [0.1, 0.15) is 181 Å². The van der Waals surface area contributed by atoms with Crippen molar-refractivity contribution < 1.29 is 19.7 Å². The molecule has 2 N–H and O–H groups in total. The van der Waals surface area contributed by atoms with Gasteiger partial charge in [0, 0.05) is 23.9 Å². The molecule has 0 aliphatic carbocycles. The zero-order chi connectivity index (χ0) is 44.0. The van der Waals surface area contributed by atoms with Crippen LogP contribution in [0.4, 0.5) is 0 Å². The average molecular weight is 839 g/mol. The molecule has 0 spiro atoms. The van der Waals surface area contributed by atoms with E-state index in [0.29, 0.717) is 82.2 Å². The van der Waals surface area contributed by atoms with Crippen LogP contribution < -0.4 is 9.47 Å². The second-order valence-corrected chi connectivity index (χ2v) is 17.8. The Bertz CT molecular complexity index is 1750. The first-order chi connectivity index (χ1) is 29.7. The molecule has 0 aliphatic heterocycles. The Hall–Kier alpha value is -4.07. The van der Waals surface area contributed by atoms with Gasteiger partial charge in [0.05, 0.1) is 30.0 Å². The zero-order valence-corrected chi connectivity index (χ0v) is 39.5. The van der Waals surface area contributed by atoms with Gasteiger partial charge >= 0.3 is 0 Å². The van der Waals surface area contributed by atoms with E-state index in [1.54, 1.807) is 0 Å². The normalized spacial score (nSPS) is 13.0. The highest BCUT2D eigenvalue weighted by molar-refractivity contribution is 5.74. The second kappa shape index (κ2) is 27.1. The van der Waals surface area contributed by atoms with Gasteiger partial charge in [-0.3, -0.25) is 0 Å². The van der Waals surface area contributed by atoms with E-state index in [1.807, 2.05) is 50.2 Å². The maximum Gasteiger partial charge on any atom is 0.180 e. The topological polar surface area (TPSA) is 103 Å². The van der Waals surface area contributed by atoms with Gasteiger partial charge in [0.1, 0.15) is 23.0 Å². The summed E-state index contributed by atoms with van der Waals surface area (Å²) in [7, 11) is 0. The molecule has 8 heteroatoms. The number of hydrogen-bond donors (Lipinski definition) is 2. The summed E-state index contributed by atoms with van der Waals surface area (Å²) in [5.41, 5.74) is 3.19. The van der Waals surface area contributed by atoms with Crippen molar-refractivity contribution in [2.75, 3.05) is 13.2 Å². The van der Waals surface area contributed by atoms with E-state index in [-0.39, 0.29) is 11.5 Å². The largest absolute Gasteiger partial charge is 0.507 e. The predicted octanol–water partition coefficient (Wildman–Crippen LogP) is 15.2. The fourth-order valence-corrected chi connectivity index (χ4v) is 8.48. The van der Waals surface area contributed by atoms with Crippen LogP contribution in [0.2, 0.25) is 0 Å². The van der Waals surface area contributed by atoms with Crippen molar-refractivity contribution in [2.45, 2.75) is 190 Å². The van der Waals surface area contributed by atoms with E-state index in [4.69, 9.17) is 24.4 Å². The number of rotatable bonds is 31. The van der Waals surface area contributed by atoms with Crippen LogP contribution in [-0.2, 0) is 6.54 Å². The maximum absolute atomic E-state index is 11.8. The second-order valence-electron chi connectivity index (χ2n) is 17.8. The van der Waals surface area contributed by atoms with Crippen LogP contribution in [0.15, 0.2) is 42.6 Å².